The molecule has 2 aromatic rings. The molecule has 1 N–H and O–H groups in total. The Morgan fingerprint density at radius 3 is 2.80 bits per heavy atom. The van der Waals surface area contributed by atoms with Crippen LogP contribution >= 0.6 is 23.1 Å². The molecule has 0 atom stereocenters. The zero-order chi connectivity index (χ0) is 17.6. The lowest BCUT2D eigenvalue weighted by molar-refractivity contribution is -0.116. The van der Waals surface area contributed by atoms with E-state index in [1.54, 1.807) is 23.1 Å². The van der Waals surface area contributed by atoms with Crippen molar-refractivity contribution in [2.45, 2.75) is 50.3 Å². The number of nitrogens with one attached hydrogen (secondary N) is 1. The number of thiophene rings is 1. The van der Waals surface area contributed by atoms with E-state index in [0.29, 0.717) is 12.0 Å². The van der Waals surface area contributed by atoms with Gasteiger partial charge in [0.15, 0.2) is 0 Å². The summed E-state index contributed by atoms with van der Waals surface area (Å²) in [6.07, 6.45) is 5.66. The average molecular weight is 371 g/mol. The summed E-state index contributed by atoms with van der Waals surface area (Å²) in [5.41, 5.74) is 3.13. The molecule has 25 heavy (non-hydrogen) atoms. The lowest BCUT2D eigenvalue weighted by atomic mass is 9.96. The van der Waals surface area contributed by atoms with Crippen molar-refractivity contribution in [3.05, 3.63) is 45.8 Å². The van der Waals surface area contributed by atoms with Crippen LogP contribution in [0, 0.1) is 18.3 Å². The van der Waals surface area contributed by atoms with Crippen LogP contribution in [0.4, 0.5) is 5.00 Å². The first kappa shape index (κ1) is 18.0. The zero-order valence-electron chi connectivity index (χ0n) is 14.4. The molecule has 0 radical (unpaired) electrons. The quantitative estimate of drug-likeness (QED) is 0.553. The predicted octanol–water partition coefficient (Wildman–Crippen LogP) is 5.32. The van der Waals surface area contributed by atoms with Gasteiger partial charge in [-0.15, -0.1) is 23.1 Å². The molecule has 1 heterocycles. The first-order chi connectivity index (χ1) is 12.2. The second-order valence-corrected chi connectivity index (χ2v) is 8.61. The van der Waals surface area contributed by atoms with E-state index in [1.165, 1.54) is 27.3 Å². The van der Waals surface area contributed by atoms with Gasteiger partial charge in [0.05, 0.1) is 5.56 Å². The number of nitrogens with zero attached hydrogens (tertiary/aromatic N) is 1. The Bertz CT molecular complexity index is 787. The zero-order valence-corrected chi connectivity index (χ0v) is 16.1. The molecule has 3 rings (SSSR count). The minimum Gasteiger partial charge on any atom is -0.317 e. The van der Waals surface area contributed by atoms with Crippen molar-refractivity contribution >= 4 is 34.0 Å². The van der Waals surface area contributed by atoms with E-state index in [4.69, 9.17) is 0 Å². The van der Waals surface area contributed by atoms with Crippen molar-refractivity contribution in [3.8, 4) is 6.07 Å². The van der Waals surface area contributed by atoms with Gasteiger partial charge < -0.3 is 5.32 Å². The van der Waals surface area contributed by atoms with Gasteiger partial charge in [0.2, 0.25) is 5.91 Å². The smallest absolute Gasteiger partial charge is 0.225 e. The Hall–Kier alpha value is -1.77. The molecule has 1 amide bonds. The molecule has 0 bridgehead atoms. The highest BCUT2D eigenvalue weighted by atomic mass is 32.2. The molecule has 0 saturated carbocycles. The van der Waals surface area contributed by atoms with Crippen molar-refractivity contribution in [1.29, 1.82) is 5.26 Å². The monoisotopic (exact) mass is 370 g/mol. The van der Waals surface area contributed by atoms with E-state index in [0.717, 1.165) is 36.4 Å². The first-order valence-electron chi connectivity index (χ1n) is 8.71. The van der Waals surface area contributed by atoms with Gasteiger partial charge in [0.1, 0.15) is 11.1 Å². The summed E-state index contributed by atoms with van der Waals surface area (Å²) >= 11 is 3.37. The predicted molar refractivity (Wildman–Crippen MR) is 105 cm³/mol. The third-order valence-corrected chi connectivity index (χ3v) is 6.68. The summed E-state index contributed by atoms with van der Waals surface area (Å²) in [5.74, 6) is 0.933. The van der Waals surface area contributed by atoms with Crippen molar-refractivity contribution in [2.75, 3.05) is 11.1 Å². The van der Waals surface area contributed by atoms with Gasteiger partial charge >= 0.3 is 0 Å². The van der Waals surface area contributed by atoms with Crippen molar-refractivity contribution in [3.63, 3.8) is 0 Å². The molecule has 5 heteroatoms. The second kappa shape index (κ2) is 8.55. The highest BCUT2D eigenvalue weighted by Gasteiger charge is 2.21. The molecule has 1 aromatic heterocycles. The molecule has 0 aliphatic heterocycles. The number of nitriles is 1. The number of carbonyl (C=O) groups is 1. The fourth-order valence-electron chi connectivity index (χ4n) is 3.02. The standard InChI is InChI=1S/C20H22N2OS2/c1-14-8-10-15(11-9-14)24-12-4-7-19(23)22-20-17(13-21)16-5-2-3-6-18(16)25-20/h8-11H,2-7,12H2,1H3,(H,22,23). The number of aryl methyl sites for hydroxylation is 2. The second-order valence-electron chi connectivity index (χ2n) is 6.34. The highest BCUT2D eigenvalue weighted by molar-refractivity contribution is 7.99. The summed E-state index contributed by atoms with van der Waals surface area (Å²) in [5, 5.41) is 13.2. The number of carbonyl (C=O) groups excluding carboxylic acids is 1. The molecule has 1 aliphatic rings. The highest BCUT2D eigenvalue weighted by Crippen LogP contribution is 2.37. The van der Waals surface area contributed by atoms with Gasteiger partial charge in [-0.25, -0.2) is 0 Å². The largest absolute Gasteiger partial charge is 0.317 e. The maximum Gasteiger partial charge on any atom is 0.225 e. The third kappa shape index (κ3) is 4.65. The van der Waals surface area contributed by atoms with Gasteiger partial charge in [0, 0.05) is 16.2 Å². The van der Waals surface area contributed by atoms with Crippen LogP contribution in [0.5, 0.6) is 0 Å². The summed E-state index contributed by atoms with van der Waals surface area (Å²) in [6, 6.07) is 10.8. The number of anilines is 1. The SMILES string of the molecule is Cc1ccc(SCCCC(=O)Nc2sc3c(c2C#N)CCCC3)cc1. The van der Waals surface area contributed by atoms with Gasteiger partial charge in [-0.3, -0.25) is 4.79 Å². The Kier molecular flexibility index (Phi) is 6.17. The van der Waals surface area contributed by atoms with Gasteiger partial charge in [0.25, 0.3) is 0 Å². The Labute approximate surface area is 157 Å². The fraction of sp³-hybridized carbons (Fsp3) is 0.400. The van der Waals surface area contributed by atoms with Crippen molar-refractivity contribution in [1.82, 2.24) is 0 Å². The Morgan fingerprint density at radius 2 is 2.04 bits per heavy atom. The van der Waals surface area contributed by atoms with E-state index in [9.17, 15) is 10.1 Å². The molecule has 130 valence electrons. The summed E-state index contributed by atoms with van der Waals surface area (Å²) in [7, 11) is 0. The maximum atomic E-state index is 12.2. The molecule has 0 unspecified atom stereocenters. The summed E-state index contributed by atoms with van der Waals surface area (Å²) < 4.78 is 0. The normalized spacial score (nSPS) is 13.1. The maximum absolute atomic E-state index is 12.2. The van der Waals surface area contributed by atoms with Crippen LogP contribution in [0.15, 0.2) is 29.2 Å². The van der Waals surface area contributed by atoms with Crippen LogP contribution in [-0.4, -0.2) is 11.7 Å². The molecule has 0 spiro atoms. The number of benzene rings is 1. The third-order valence-electron chi connectivity index (χ3n) is 4.37. The van der Waals surface area contributed by atoms with Crippen LogP contribution in [0.2, 0.25) is 0 Å². The van der Waals surface area contributed by atoms with Crippen LogP contribution in [0.25, 0.3) is 0 Å². The Balaban J connectivity index is 1.49. The van der Waals surface area contributed by atoms with Crippen LogP contribution < -0.4 is 5.32 Å². The average Bonchev–Trinajstić information content (AvgIpc) is 2.97. The fourth-order valence-corrected chi connectivity index (χ4v) is 5.13. The van der Waals surface area contributed by atoms with E-state index in [-0.39, 0.29) is 5.91 Å². The number of thioether (sulfide) groups is 1. The summed E-state index contributed by atoms with van der Waals surface area (Å²) in [6.45, 7) is 2.08. The van der Waals surface area contributed by atoms with Gasteiger partial charge in [-0.2, -0.15) is 5.26 Å². The molecule has 1 aliphatic carbocycles. The lowest BCUT2D eigenvalue weighted by Crippen LogP contribution is -2.11. The van der Waals surface area contributed by atoms with E-state index in [2.05, 4.69) is 42.6 Å². The number of rotatable bonds is 6. The molecule has 0 fully saturated rings. The summed E-state index contributed by atoms with van der Waals surface area (Å²) in [4.78, 5) is 14.8. The number of amides is 1. The molecule has 1 aromatic carbocycles. The number of hydrogen-bond donors (Lipinski definition) is 1. The molecule has 3 nitrogen and oxygen atoms in total. The number of fused-ring (bicyclic) bond motifs is 1. The van der Waals surface area contributed by atoms with Crippen LogP contribution in [-0.2, 0) is 17.6 Å². The molecular formula is C20H22N2OS2. The first-order valence-corrected chi connectivity index (χ1v) is 10.5. The Morgan fingerprint density at radius 1 is 1.28 bits per heavy atom. The van der Waals surface area contributed by atoms with Gasteiger partial charge in [-0.05, 0) is 62.5 Å². The topological polar surface area (TPSA) is 52.9 Å². The van der Waals surface area contributed by atoms with Crippen molar-refractivity contribution in [2.24, 2.45) is 0 Å². The minimum absolute atomic E-state index is 0.0135. The van der Waals surface area contributed by atoms with Gasteiger partial charge in [-0.1, -0.05) is 17.7 Å². The van der Waals surface area contributed by atoms with Crippen LogP contribution in [0.1, 0.15) is 47.3 Å². The van der Waals surface area contributed by atoms with E-state index < -0.39 is 0 Å². The minimum atomic E-state index is 0.0135. The van der Waals surface area contributed by atoms with E-state index in [1.807, 2.05) is 0 Å². The van der Waals surface area contributed by atoms with Crippen LogP contribution in [0.3, 0.4) is 0 Å². The molecular weight excluding hydrogens is 348 g/mol. The van der Waals surface area contributed by atoms with Crippen molar-refractivity contribution < 1.29 is 4.79 Å². The van der Waals surface area contributed by atoms with E-state index >= 15 is 0 Å². The molecule has 0 saturated heterocycles. The number of hydrogen-bond acceptors (Lipinski definition) is 4. The lowest BCUT2D eigenvalue weighted by Gasteiger charge is -2.09.